The molecule has 0 fully saturated rings. The Morgan fingerprint density at radius 3 is 2.78 bits per heavy atom. The molecular weight excluding hydrogens is 362 g/mol. The fourth-order valence-corrected chi connectivity index (χ4v) is 4.15. The standard InChI is InChI=1S/C20H15N3O3S/c1-12-15-10-18(27-20(15)23(22-12)14-5-3-2-4-6-14)19(24)21-13-7-8-16-17(9-13)26-11-25-16/h2-10H,11H2,1H3,(H,21,24). The van der Waals surface area contributed by atoms with Gasteiger partial charge in [0.15, 0.2) is 11.5 Å². The van der Waals surface area contributed by atoms with E-state index in [2.05, 4.69) is 10.4 Å². The summed E-state index contributed by atoms with van der Waals surface area (Å²) < 4.78 is 12.5. The maximum atomic E-state index is 12.7. The van der Waals surface area contributed by atoms with Crippen LogP contribution in [-0.2, 0) is 0 Å². The van der Waals surface area contributed by atoms with E-state index in [9.17, 15) is 4.79 Å². The summed E-state index contributed by atoms with van der Waals surface area (Å²) in [6.45, 7) is 2.16. The second-order valence-electron chi connectivity index (χ2n) is 6.18. The number of fused-ring (bicyclic) bond motifs is 2. The summed E-state index contributed by atoms with van der Waals surface area (Å²) in [6, 6.07) is 17.2. The molecule has 2 aromatic carbocycles. The first kappa shape index (κ1) is 15.9. The number of hydrogen-bond donors (Lipinski definition) is 1. The summed E-state index contributed by atoms with van der Waals surface area (Å²) >= 11 is 1.42. The molecule has 0 radical (unpaired) electrons. The molecule has 0 bridgehead atoms. The Morgan fingerprint density at radius 2 is 1.93 bits per heavy atom. The number of aryl methyl sites for hydroxylation is 1. The van der Waals surface area contributed by atoms with Gasteiger partial charge in [-0.25, -0.2) is 4.68 Å². The maximum Gasteiger partial charge on any atom is 0.265 e. The van der Waals surface area contributed by atoms with Crippen LogP contribution in [0.3, 0.4) is 0 Å². The summed E-state index contributed by atoms with van der Waals surface area (Å²) in [5.41, 5.74) is 2.54. The number of nitrogens with zero attached hydrogens (tertiary/aromatic N) is 2. The lowest BCUT2D eigenvalue weighted by Gasteiger charge is -2.05. The number of amides is 1. The SMILES string of the molecule is Cc1nn(-c2ccccc2)c2sc(C(=O)Nc3ccc4c(c3)OCO4)cc12. The van der Waals surface area contributed by atoms with Crippen molar-refractivity contribution < 1.29 is 14.3 Å². The summed E-state index contributed by atoms with van der Waals surface area (Å²) in [4.78, 5) is 14.3. The van der Waals surface area contributed by atoms with E-state index in [1.165, 1.54) is 11.3 Å². The third-order valence-electron chi connectivity index (χ3n) is 4.40. The highest BCUT2D eigenvalue weighted by atomic mass is 32.1. The van der Waals surface area contributed by atoms with Gasteiger partial charge in [0.25, 0.3) is 5.91 Å². The van der Waals surface area contributed by atoms with Crippen LogP contribution >= 0.6 is 11.3 Å². The van der Waals surface area contributed by atoms with Gasteiger partial charge in [-0.1, -0.05) is 18.2 Å². The number of rotatable bonds is 3. The van der Waals surface area contributed by atoms with E-state index in [0.29, 0.717) is 22.1 Å². The lowest BCUT2D eigenvalue weighted by Crippen LogP contribution is -2.10. The minimum atomic E-state index is -0.158. The van der Waals surface area contributed by atoms with Crippen LogP contribution < -0.4 is 14.8 Å². The van der Waals surface area contributed by atoms with Gasteiger partial charge in [0, 0.05) is 17.1 Å². The molecule has 0 saturated heterocycles. The monoisotopic (exact) mass is 377 g/mol. The van der Waals surface area contributed by atoms with Gasteiger partial charge in [0.05, 0.1) is 16.3 Å². The Morgan fingerprint density at radius 1 is 1.11 bits per heavy atom. The number of para-hydroxylation sites is 1. The van der Waals surface area contributed by atoms with E-state index >= 15 is 0 Å². The average molecular weight is 377 g/mol. The minimum Gasteiger partial charge on any atom is -0.454 e. The molecule has 134 valence electrons. The van der Waals surface area contributed by atoms with E-state index in [1.54, 1.807) is 18.2 Å². The topological polar surface area (TPSA) is 65.4 Å². The first-order valence-electron chi connectivity index (χ1n) is 8.44. The van der Waals surface area contributed by atoms with Gasteiger partial charge in [-0.3, -0.25) is 4.79 Å². The smallest absolute Gasteiger partial charge is 0.265 e. The van der Waals surface area contributed by atoms with Crippen LogP contribution in [0.25, 0.3) is 15.9 Å². The number of benzene rings is 2. The Balaban J connectivity index is 1.47. The normalized spacial score (nSPS) is 12.5. The van der Waals surface area contributed by atoms with Crippen molar-refractivity contribution in [1.29, 1.82) is 0 Å². The van der Waals surface area contributed by atoms with Crippen molar-refractivity contribution in [2.75, 3.05) is 12.1 Å². The maximum absolute atomic E-state index is 12.7. The molecule has 0 unspecified atom stereocenters. The summed E-state index contributed by atoms with van der Waals surface area (Å²) in [6.07, 6.45) is 0. The zero-order valence-corrected chi connectivity index (χ0v) is 15.2. The van der Waals surface area contributed by atoms with Gasteiger partial charge in [-0.15, -0.1) is 11.3 Å². The van der Waals surface area contributed by atoms with Crippen molar-refractivity contribution in [3.05, 3.63) is 65.2 Å². The van der Waals surface area contributed by atoms with Crippen LogP contribution in [0.5, 0.6) is 11.5 Å². The fourth-order valence-electron chi connectivity index (χ4n) is 3.07. The molecule has 7 heteroatoms. The zero-order valence-electron chi connectivity index (χ0n) is 14.4. The molecule has 1 amide bonds. The number of carbonyl (C=O) groups excluding carboxylic acids is 1. The second-order valence-corrected chi connectivity index (χ2v) is 7.22. The highest BCUT2D eigenvalue weighted by Crippen LogP contribution is 2.35. The molecule has 2 aromatic heterocycles. The van der Waals surface area contributed by atoms with Crippen LogP contribution in [0.15, 0.2) is 54.6 Å². The quantitative estimate of drug-likeness (QED) is 0.576. The molecule has 6 nitrogen and oxygen atoms in total. The number of anilines is 1. The molecule has 0 spiro atoms. The Labute approximate surface area is 159 Å². The van der Waals surface area contributed by atoms with E-state index in [-0.39, 0.29) is 12.7 Å². The molecule has 3 heterocycles. The molecule has 1 aliphatic rings. The number of ether oxygens (including phenoxy) is 2. The number of nitrogens with one attached hydrogen (secondary N) is 1. The molecule has 0 aliphatic carbocycles. The predicted octanol–water partition coefficient (Wildman–Crippen LogP) is 4.38. The van der Waals surface area contributed by atoms with E-state index in [0.717, 1.165) is 21.6 Å². The Kier molecular flexibility index (Phi) is 3.61. The van der Waals surface area contributed by atoms with E-state index in [4.69, 9.17) is 9.47 Å². The first-order valence-corrected chi connectivity index (χ1v) is 9.26. The van der Waals surface area contributed by atoms with Gasteiger partial charge in [0.2, 0.25) is 6.79 Å². The molecule has 4 aromatic rings. The van der Waals surface area contributed by atoms with Crippen LogP contribution in [0.4, 0.5) is 5.69 Å². The van der Waals surface area contributed by atoms with Gasteiger partial charge in [0.1, 0.15) is 4.83 Å². The third-order valence-corrected chi connectivity index (χ3v) is 5.51. The summed E-state index contributed by atoms with van der Waals surface area (Å²) in [5.74, 6) is 1.17. The zero-order chi connectivity index (χ0) is 18.4. The van der Waals surface area contributed by atoms with Crippen molar-refractivity contribution in [2.45, 2.75) is 6.92 Å². The lowest BCUT2D eigenvalue weighted by atomic mass is 10.2. The Bertz CT molecular complexity index is 1160. The van der Waals surface area contributed by atoms with Gasteiger partial charge in [-0.05, 0) is 37.3 Å². The predicted molar refractivity (Wildman–Crippen MR) is 104 cm³/mol. The summed E-state index contributed by atoms with van der Waals surface area (Å²) in [7, 11) is 0. The molecule has 27 heavy (non-hydrogen) atoms. The number of thiophene rings is 1. The molecule has 1 aliphatic heterocycles. The highest BCUT2D eigenvalue weighted by molar-refractivity contribution is 7.20. The van der Waals surface area contributed by atoms with Crippen molar-refractivity contribution >= 4 is 33.1 Å². The summed E-state index contributed by atoms with van der Waals surface area (Å²) in [5, 5.41) is 8.52. The fraction of sp³-hybridized carbons (Fsp3) is 0.100. The molecule has 1 N–H and O–H groups in total. The number of carbonyl (C=O) groups is 1. The van der Waals surface area contributed by atoms with Crippen molar-refractivity contribution in [1.82, 2.24) is 9.78 Å². The van der Waals surface area contributed by atoms with E-state index < -0.39 is 0 Å². The average Bonchev–Trinajstić information content (AvgIpc) is 3.38. The van der Waals surface area contributed by atoms with Crippen molar-refractivity contribution in [2.24, 2.45) is 0 Å². The highest BCUT2D eigenvalue weighted by Gasteiger charge is 2.19. The molecule has 0 atom stereocenters. The Hall–Kier alpha value is -3.32. The minimum absolute atomic E-state index is 0.158. The largest absolute Gasteiger partial charge is 0.454 e. The van der Waals surface area contributed by atoms with Gasteiger partial charge >= 0.3 is 0 Å². The van der Waals surface area contributed by atoms with Crippen molar-refractivity contribution in [3.8, 4) is 17.2 Å². The molecule has 5 rings (SSSR count). The van der Waals surface area contributed by atoms with Crippen LogP contribution in [0.1, 0.15) is 15.4 Å². The van der Waals surface area contributed by atoms with Gasteiger partial charge < -0.3 is 14.8 Å². The van der Waals surface area contributed by atoms with E-state index in [1.807, 2.05) is 48.0 Å². The van der Waals surface area contributed by atoms with Crippen LogP contribution in [-0.4, -0.2) is 22.5 Å². The number of hydrogen-bond acceptors (Lipinski definition) is 5. The molecular formula is C20H15N3O3S. The first-order chi connectivity index (χ1) is 13.2. The second kappa shape index (κ2) is 6.14. The molecule has 0 saturated carbocycles. The van der Waals surface area contributed by atoms with Gasteiger partial charge in [-0.2, -0.15) is 5.10 Å². The van der Waals surface area contributed by atoms with Crippen LogP contribution in [0, 0.1) is 6.92 Å². The third kappa shape index (κ3) is 2.72. The van der Waals surface area contributed by atoms with Crippen molar-refractivity contribution in [3.63, 3.8) is 0 Å². The lowest BCUT2D eigenvalue weighted by molar-refractivity contribution is 0.103. The number of aromatic nitrogens is 2. The van der Waals surface area contributed by atoms with Crippen LogP contribution in [0.2, 0.25) is 0 Å².